The molecule has 0 aromatic carbocycles. The summed E-state index contributed by atoms with van der Waals surface area (Å²) in [6.07, 6.45) is 2.70. The molecule has 0 saturated carbocycles. The van der Waals surface area contributed by atoms with Gasteiger partial charge in [-0.2, -0.15) is 0 Å². The van der Waals surface area contributed by atoms with Crippen molar-refractivity contribution < 1.29 is 14.3 Å². The van der Waals surface area contributed by atoms with E-state index in [-0.39, 0.29) is 0 Å². The second-order valence-corrected chi connectivity index (χ2v) is 2.40. The van der Waals surface area contributed by atoms with Crippen LogP contribution in [0.15, 0.2) is 0 Å². The summed E-state index contributed by atoms with van der Waals surface area (Å²) >= 11 is 0. The van der Waals surface area contributed by atoms with Gasteiger partial charge in [-0.15, -0.1) is 0 Å². The van der Waals surface area contributed by atoms with Crippen LogP contribution in [0, 0.1) is 0 Å². The van der Waals surface area contributed by atoms with E-state index in [4.69, 9.17) is 0 Å². The molecule has 1 rings (SSSR count). The van der Waals surface area contributed by atoms with Crippen molar-refractivity contribution in [1.29, 1.82) is 0 Å². The van der Waals surface area contributed by atoms with E-state index in [1.54, 1.807) is 0 Å². The number of nitrogens with one attached hydrogen (secondary N) is 1. The van der Waals surface area contributed by atoms with Crippen molar-refractivity contribution in [2.75, 3.05) is 6.54 Å². The first-order valence-electron chi connectivity index (χ1n) is 3.40. The summed E-state index contributed by atoms with van der Waals surface area (Å²) in [5.41, 5.74) is 0. The summed E-state index contributed by atoms with van der Waals surface area (Å²) in [4.78, 5) is 13.6. The Morgan fingerprint density at radius 1 is 1.60 bits per heavy atom. The summed E-state index contributed by atoms with van der Waals surface area (Å²) in [5.74, 6) is -0.792. The van der Waals surface area contributed by atoms with Gasteiger partial charge in [0, 0.05) is 4.53 Å². The van der Waals surface area contributed by atoms with E-state index in [1.807, 2.05) is 0 Å². The fraction of sp³-hybridized carbons (Fsp3) is 0.833. The number of carbonyl (C=O) groups excluding carboxylic acids is 1. The van der Waals surface area contributed by atoms with Gasteiger partial charge in [0.25, 0.3) is 0 Å². The highest BCUT2D eigenvalue weighted by atomic mass is 19.3. The van der Waals surface area contributed by atoms with Crippen molar-refractivity contribution in [1.82, 2.24) is 5.32 Å². The van der Waals surface area contributed by atoms with Crippen LogP contribution < -0.4 is 5.32 Å². The first kappa shape index (κ1) is 7.47. The molecule has 1 atom stereocenters. The van der Waals surface area contributed by atoms with Gasteiger partial charge < -0.3 is 5.32 Å². The second-order valence-electron chi connectivity index (χ2n) is 2.40. The molecule has 0 radical (unpaired) electrons. The third-order valence-electron chi connectivity index (χ3n) is 1.67. The third-order valence-corrected chi connectivity index (χ3v) is 1.67. The molecule has 0 amide bonds. The smallest absolute Gasteiger partial charge is 0.304 e. The largest absolute Gasteiger partial charge is 0.365 e. The zero-order chi connectivity index (χ0) is 7.40. The Morgan fingerprint density at radius 3 is 2.90 bits per heavy atom. The summed E-state index contributed by atoms with van der Waals surface area (Å²) in [7, 11) is 0. The Bertz CT molecular complexity index is 123. The topological polar surface area (TPSA) is 38.3 Å². The van der Waals surface area contributed by atoms with Crippen LogP contribution in [-0.4, -0.2) is 18.6 Å². The maximum Gasteiger partial charge on any atom is 0.365 e. The number of piperidine rings is 1. The lowest BCUT2D eigenvalue weighted by Crippen LogP contribution is -2.40. The highest BCUT2D eigenvalue weighted by Gasteiger charge is 2.22. The molecule has 0 aromatic rings. The Hall–Kier alpha value is -0.640. The van der Waals surface area contributed by atoms with E-state index in [0.717, 1.165) is 19.4 Å². The minimum Gasteiger partial charge on any atom is -0.304 e. The molecule has 1 aliphatic heterocycles. The van der Waals surface area contributed by atoms with Gasteiger partial charge in [-0.1, -0.05) is 6.42 Å². The molecule has 3 nitrogen and oxygen atoms in total. The molecule has 1 aliphatic rings. The van der Waals surface area contributed by atoms with Crippen LogP contribution in [0.1, 0.15) is 19.3 Å². The van der Waals surface area contributed by atoms with Crippen molar-refractivity contribution in [3.05, 3.63) is 0 Å². The van der Waals surface area contributed by atoms with Gasteiger partial charge in [0.15, 0.2) is 0 Å². The summed E-state index contributed by atoms with van der Waals surface area (Å²) in [5, 5.41) is 2.86. The molecule has 4 heteroatoms. The average Bonchev–Trinajstić information content (AvgIpc) is 2.05. The van der Waals surface area contributed by atoms with Crippen molar-refractivity contribution in [3.63, 3.8) is 0 Å². The van der Waals surface area contributed by atoms with Gasteiger partial charge in [-0.25, -0.2) is 4.79 Å². The maximum absolute atomic E-state index is 11.3. The SMILES string of the molecule is O=C(OF)C1CCCCN1. The molecule has 1 N–H and O–H groups in total. The van der Waals surface area contributed by atoms with E-state index in [0.29, 0.717) is 6.42 Å². The Kier molecular flexibility index (Phi) is 2.62. The first-order chi connectivity index (χ1) is 4.84. The van der Waals surface area contributed by atoms with Gasteiger partial charge in [0.2, 0.25) is 0 Å². The number of rotatable bonds is 1. The molecular weight excluding hydrogens is 137 g/mol. The number of hydrogen-bond donors (Lipinski definition) is 1. The number of halogens is 1. The van der Waals surface area contributed by atoms with Crippen molar-refractivity contribution in [2.45, 2.75) is 25.3 Å². The lowest BCUT2D eigenvalue weighted by molar-refractivity contribution is -0.186. The first-order valence-corrected chi connectivity index (χ1v) is 3.40. The molecule has 1 heterocycles. The Balaban J connectivity index is 2.31. The normalized spacial score (nSPS) is 25.9. The lowest BCUT2D eigenvalue weighted by atomic mass is 10.1. The number of hydrogen-bond acceptors (Lipinski definition) is 3. The van der Waals surface area contributed by atoms with Crippen LogP contribution in [0.2, 0.25) is 0 Å². The molecule has 1 unspecified atom stereocenters. The maximum atomic E-state index is 11.3. The van der Waals surface area contributed by atoms with Crippen molar-refractivity contribution in [3.8, 4) is 0 Å². The van der Waals surface area contributed by atoms with Gasteiger partial charge in [0.05, 0.1) is 0 Å². The monoisotopic (exact) mass is 147 g/mol. The van der Waals surface area contributed by atoms with E-state index < -0.39 is 12.0 Å². The molecule has 0 aromatic heterocycles. The Labute approximate surface area is 58.4 Å². The van der Waals surface area contributed by atoms with Crippen molar-refractivity contribution in [2.24, 2.45) is 0 Å². The molecule has 58 valence electrons. The zero-order valence-corrected chi connectivity index (χ0v) is 5.60. The molecule has 0 bridgehead atoms. The predicted octanol–water partition coefficient (Wildman–Crippen LogP) is 0.556. The summed E-state index contributed by atoms with van der Waals surface area (Å²) < 4.78 is 11.3. The second kappa shape index (κ2) is 3.51. The highest BCUT2D eigenvalue weighted by molar-refractivity contribution is 5.75. The third kappa shape index (κ3) is 1.67. The van der Waals surface area contributed by atoms with E-state index >= 15 is 0 Å². The molecule has 0 aliphatic carbocycles. The molecule has 1 fully saturated rings. The van der Waals surface area contributed by atoms with Crippen LogP contribution in [-0.2, 0) is 9.74 Å². The van der Waals surface area contributed by atoms with Crippen molar-refractivity contribution >= 4 is 5.97 Å². The fourth-order valence-corrected chi connectivity index (χ4v) is 1.11. The molecule has 1 saturated heterocycles. The molecule has 10 heavy (non-hydrogen) atoms. The van der Waals surface area contributed by atoms with Crippen LogP contribution in [0.4, 0.5) is 4.53 Å². The van der Waals surface area contributed by atoms with Crippen LogP contribution in [0.5, 0.6) is 0 Å². The number of carbonyl (C=O) groups is 1. The molecular formula is C6H10FNO2. The Morgan fingerprint density at radius 2 is 2.40 bits per heavy atom. The van der Waals surface area contributed by atoms with Gasteiger partial charge in [0.1, 0.15) is 6.04 Å². The van der Waals surface area contributed by atoms with Crippen LogP contribution in [0.3, 0.4) is 0 Å². The summed E-state index contributed by atoms with van der Waals surface area (Å²) in [6.45, 7) is 0.778. The van der Waals surface area contributed by atoms with Crippen LogP contribution >= 0.6 is 0 Å². The van der Waals surface area contributed by atoms with Gasteiger partial charge >= 0.3 is 5.97 Å². The summed E-state index contributed by atoms with van der Waals surface area (Å²) in [6, 6.07) is -0.418. The highest BCUT2D eigenvalue weighted by Crippen LogP contribution is 2.07. The zero-order valence-electron chi connectivity index (χ0n) is 5.60. The minimum absolute atomic E-state index is 0.418. The lowest BCUT2D eigenvalue weighted by Gasteiger charge is -2.18. The van der Waals surface area contributed by atoms with E-state index in [9.17, 15) is 9.32 Å². The van der Waals surface area contributed by atoms with Gasteiger partial charge in [-0.3, -0.25) is 4.94 Å². The fourth-order valence-electron chi connectivity index (χ4n) is 1.11. The quantitative estimate of drug-likeness (QED) is 0.588. The average molecular weight is 147 g/mol. The van der Waals surface area contributed by atoms with Crippen LogP contribution in [0.25, 0.3) is 0 Å². The minimum atomic E-state index is -0.792. The standard InChI is InChI=1S/C6H10FNO2/c7-10-6(9)5-3-1-2-4-8-5/h5,8H,1-4H2. The molecule has 0 spiro atoms. The predicted molar refractivity (Wildman–Crippen MR) is 32.8 cm³/mol. The van der Waals surface area contributed by atoms with E-state index in [1.165, 1.54) is 0 Å². The van der Waals surface area contributed by atoms with Gasteiger partial charge in [-0.05, 0) is 19.4 Å². The van der Waals surface area contributed by atoms with E-state index in [2.05, 4.69) is 10.3 Å².